The van der Waals surface area contributed by atoms with Gasteiger partial charge < -0.3 is 15.0 Å². The van der Waals surface area contributed by atoms with E-state index in [9.17, 15) is 14.0 Å². The monoisotopic (exact) mass is 344 g/mol. The quantitative estimate of drug-likeness (QED) is 0.840. The number of nitrogens with one attached hydrogen (secondary N) is 1. The van der Waals surface area contributed by atoms with Crippen LogP contribution in [-0.2, 0) is 4.79 Å². The van der Waals surface area contributed by atoms with Gasteiger partial charge in [0.15, 0.2) is 0 Å². The van der Waals surface area contributed by atoms with Crippen LogP contribution in [0.3, 0.4) is 0 Å². The van der Waals surface area contributed by atoms with Crippen molar-refractivity contribution in [2.45, 2.75) is 13.8 Å². The lowest BCUT2D eigenvalue weighted by molar-refractivity contribution is -0.116. The molecule has 0 spiro atoms. The van der Waals surface area contributed by atoms with Crippen molar-refractivity contribution < 1.29 is 18.7 Å². The van der Waals surface area contributed by atoms with Gasteiger partial charge in [-0.15, -0.1) is 0 Å². The first-order chi connectivity index (χ1) is 12.0. The van der Waals surface area contributed by atoms with Crippen LogP contribution in [0, 0.1) is 5.82 Å². The highest BCUT2D eigenvalue weighted by atomic mass is 19.1. The van der Waals surface area contributed by atoms with Crippen LogP contribution in [0.1, 0.15) is 24.2 Å². The molecule has 0 bridgehead atoms. The predicted octanol–water partition coefficient (Wildman–Crippen LogP) is 3.01. The van der Waals surface area contributed by atoms with E-state index in [-0.39, 0.29) is 18.4 Å². The number of carbonyl (C=O) groups excluding carboxylic acids is 2. The van der Waals surface area contributed by atoms with E-state index in [0.717, 1.165) is 11.4 Å². The molecule has 25 heavy (non-hydrogen) atoms. The maximum atomic E-state index is 12.9. The topological polar surface area (TPSA) is 58.6 Å². The Morgan fingerprint density at radius 3 is 2.28 bits per heavy atom. The van der Waals surface area contributed by atoms with Crippen molar-refractivity contribution in [3.05, 3.63) is 59.9 Å². The summed E-state index contributed by atoms with van der Waals surface area (Å²) in [6.45, 7) is 4.56. The molecule has 132 valence electrons. The SMILES string of the molecule is CCOc1ccc(N(CCNC(=O)c2ccc(F)cc2)C(C)=O)cc1. The minimum atomic E-state index is -0.394. The fourth-order valence-corrected chi connectivity index (χ4v) is 2.34. The molecule has 6 heteroatoms. The van der Waals surface area contributed by atoms with Crippen molar-refractivity contribution >= 4 is 17.5 Å². The van der Waals surface area contributed by atoms with Crippen molar-refractivity contribution in [2.75, 3.05) is 24.6 Å². The van der Waals surface area contributed by atoms with Gasteiger partial charge in [0.05, 0.1) is 6.61 Å². The number of ether oxygens (including phenoxy) is 1. The van der Waals surface area contributed by atoms with E-state index in [1.165, 1.54) is 31.2 Å². The van der Waals surface area contributed by atoms with Gasteiger partial charge in [0.25, 0.3) is 5.91 Å². The lowest BCUT2D eigenvalue weighted by Gasteiger charge is -2.21. The van der Waals surface area contributed by atoms with Gasteiger partial charge in [0.2, 0.25) is 5.91 Å². The summed E-state index contributed by atoms with van der Waals surface area (Å²) >= 11 is 0. The van der Waals surface area contributed by atoms with E-state index in [0.29, 0.717) is 18.7 Å². The third kappa shape index (κ3) is 5.31. The third-order valence-corrected chi connectivity index (χ3v) is 3.57. The van der Waals surface area contributed by atoms with Gasteiger partial charge in [-0.05, 0) is 55.5 Å². The van der Waals surface area contributed by atoms with Crippen molar-refractivity contribution in [3.8, 4) is 5.75 Å². The van der Waals surface area contributed by atoms with E-state index >= 15 is 0 Å². The van der Waals surface area contributed by atoms with Crippen LogP contribution < -0.4 is 15.0 Å². The molecule has 0 aliphatic rings. The summed E-state index contributed by atoms with van der Waals surface area (Å²) in [4.78, 5) is 25.5. The molecular formula is C19H21FN2O3. The van der Waals surface area contributed by atoms with Gasteiger partial charge in [-0.3, -0.25) is 9.59 Å². The Bertz CT molecular complexity index is 714. The number of carbonyl (C=O) groups is 2. The number of halogens is 1. The summed E-state index contributed by atoms with van der Waals surface area (Å²) in [5, 5.41) is 2.73. The van der Waals surface area contributed by atoms with E-state index in [1.807, 2.05) is 6.92 Å². The van der Waals surface area contributed by atoms with Gasteiger partial charge >= 0.3 is 0 Å². The van der Waals surface area contributed by atoms with Crippen molar-refractivity contribution in [2.24, 2.45) is 0 Å². The van der Waals surface area contributed by atoms with Crippen LogP contribution >= 0.6 is 0 Å². The highest BCUT2D eigenvalue weighted by molar-refractivity contribution is 5.94. The standard InChI is InChI=1S/C19H21FN2O3/c1-3-25-18-10-8-17(9-11-18)22(14(2)23)13-12-21-19(24)15-4-6-16(20)7-5-15/h4-11H,3,12-13H2,1-2H3,(H,21,24). The molecule has 0 saturated heterocycles. The molecule has 2 aromatic rings. The fraction of sp³-hybridized carbons (Fsp3) is 0.263. The number of rotatable bonds is 7. The van der Waals surface area contributed by atoms with E-state index in [1.54, 1.807) is 29.2 Å². The van der Waals surface area contributed by atoms with Gasteiger partial charge in [0.1, 0.15) is 11.6 Å². The molecule has 0 aliphatic heterocycles. The molecule has 0 aliphatic carbocycles. The number of anilines is 1. The second kappa shape index (κ2) is 8.82. The number of amides is 2. The maximum absolute atomic E-state index is 12.9. The van der Waals surface area contributed by atoms with Crippen LogP contribution in [0.25, 0.3) is 0 Å². The Labute approximate surface area is 146 Å². The summed E-state index contributed by atoms with van der Waals surface area (Å²) in [5.41, 5.74) is 1.10. The average molecular weight is 344 g/mol. The van der Waals surface area contributed by atoms with E-state index in [4.69, 9.17) is 4.74 Å². The fourth-order valence-electron chi connectivity index (χ4n) is 2.34. The molecule has 0 unspecified atom stereocenters. The molecule has 2 amide bonds. The van der Waals surface area contributed by atoms with Gasteiger partial charge in [-0.25, -0.2) is 4.39 Å². The third-order valence-electron chi connectivity index (χ3n) is 3.57. The Hall–Kier alpha value is -2.89. The highest BCUT2D eigenvalue weighted by Gasteiger charge is 2.12. The van der Waals surface area contributed by atoms with Gasteiger partial charge in [-0.2, -0.15) is 0 Å². The normalized spacial score (nSPS) is 10.2. The molecule has 0 aromatic heterocycles. The van der Waals surface area contributed by atoms with Gasteiger partial charge in [-0.1, -0.05) is 0 Å². The first-order valence-electron chi connectivity index (χ1n) is 8.06. The van der Waals surface area contributed by atoms with E-state index < -0.39 is 5.82 Å². The largest absolute Gasteiger partial charge is 0.494 e. The maximum Gasteiger partial charge on any atom is 0.251 e. The molecule has 0 saturated carbocycles. The molecule has 2 rings (SSSR count). The second-order valence-electron chi connectivity index (χ2n) is 5.36. The average Bonchev–Trinajstić information content (AvgIpc) is 2.60. The molecule has 0 radical (unpaired) electrons. The molecule has 0 heterocycles. The number of hydrogen-bond donors (Lipinski definition) is 1. The van der Waals surface area contributed by atoms with Crippen LogP contribution in [0.2, 0.25) is 0 Å². The molecule has 0 atom stereocenters. The first kappa shape index (κ1) is 18.4. The van der Waals surface area contributed by atoms with E-state index in [2.05, 4.69) is 5.32 Å². The summed E-state index contributed by atoms with van der Waals surface area (Å²) < 4.78 is 18.3. The van der Waals surface area contributed by atoms with Crippen LogP contribution in [0.15, 0.2) is 48.5 Å². The zero-order valence-electron chi connectivity index (χ0n) is 14.3. The Morgan fingerprint density at radius 1 is 1.08 bits per heavy atom. The summed E-state index contributed by atoms with van der Waals surface area (Å²) in [6, 6.07) is 12.5. The summed E-state index contributed by atoms with van der Waals surface area (Å²) in [5.74, 6) is -0.0930. The number of nitrogens with zero attached hydrogens (tertiary/aromatic N) is 1. The Kier molecular flexibility index (Phi) is 6.51. The number of hydrogen-bond acceptors (Lipinski definition) is 3. The van der Waals surface area contributed by atoms with Crippen LogP contribution in [0.4, 0.5) is 10.1 Å². The lowest BCUT2D eigenvalue weighted by Crippen LogP contribution is -2.37. The van der Waals surface area contributed by atoms with Crippen molar-refractivity contribution in [1.82, 2.24) is 5.32 Å². The number of benzene rings is 2. The molecular weight excluding hydrogens is 323 g/mol. The molecule has 5 nitrogen and oxygen atoms in total. The summed E-state index contributed by atoms with van der Waals surface area (Å²) in [7, 11) is 0. The Balaban J connectivity index is 1.94. The zero-order chi connectivity index (χ0) is 18.2. The van der Waals surface area contributed by atoms with Crippen molar-refractivity contribution in [3.63, 3.8) is 0 Å². The second-order valence-corrected chi connectivity index (χ2v) is 5.36. The Morgan fingerprint density at radius 2 is 1.72 bits per heavy atom. The van der Waals surface area contributed by atoms with Crippen LogP contribution in [0.5, 0.6) is 5.75 Å². The minimum absolute atomic E-state index is 0.125. The summed E-state index contributed by atoms with van der Waals surface area (Å²) in [6.07, 6.45) is 0. The van der Waals surface area contributed by atoms with Crippen molar-refractivity contribution in [1.29, 1.82) is 0 Å². The van der Waals surface area contributed by atoms with Gasteiger partial charge in [0, 0.05) is 31.3 Å². The predicted molar refractivity (Wildman–Crippen MR) is 94.4 cm³/mol. The lowest BCUT2D eigenvalue weighted by atomic mass is 10.2. The zero-order valence-corrected chi connectivity index (χ0v) is 14.3. The smallest absolute Gasteiger partial charge is 0.251 e. The first-order valence-corrected chi connectivity index (χ1v) is 8.06. The molecule has 1 N–H and O–H groups in total. The minimum Gasteiger partial charge on any atom is -0.494 e. The highest BCUT2D eigenvalue weighted by Crippen LogP contribution is 2.19. The molecule has 2 aromatic carbocycles. The van der Waals surface area contributed by atoms with Crippen LogP contribution in [-0.4, -0.2) is 31.5 Å². The molecule has 0 fully saturated rings.